The largest absolute Gasteiger partial charge is 0.336 e. The third kappa shape index (κ3) is 3.21. The average Bonchev–Trinajstić information content (AvgIpc) is 2.28. The minimum Gasteiger partial charge on any atom is -0.336 e. The lowest BCUT2D eigenvalue weighted by molar-refractivity contribution is 0.0704. The lowest BCUT2D eigenvalue weighted by Gasteiger charge is -2.32. The van der Waals surface area contributed by atoms with Crippen molar-refractivity contribution in [1.82, 2.24) is 10.2 Å². The van der Waals surface area contributed by atoms with Crippen LogP contribution >= 0.6 is 12.4 Å². The van der Waals surface area contributed by atoms with Gasteiger partial charge in [0.2, 0.25) is 0 Å². The Morgan fingerprint density at radius 3 is 2.83 bits per heavy atom. The zero-order chi connectivity index (χ0) is 12.4. The molecule has 0 unspecified atom stereocenters. The van der Waals surface area contributed by atoms with Crippen LogP contribution in [0.4, 0.5) is 4.39 Å². The number of piperazine rings is 1. The van der Waals surface area contributed by atoms with E-state index in [-0.39, 0.29) is 29.9 Å². The minimum atomic E-state index is -0.429. The van der Waals surface area contributed by atoms with E-state index in [1.54, 1.807) is 17.0 Å². The third-order valence-electron chi connectivity index (χ3n) is 3.01. The number of aryl methyl sites for hydroxylation is 1. The molecule has 2 rings (SSSR count). The van der Waals surface area contributed by atoms with Crippen molar-refractivity contribution in [3.8, 4) is 0 Å². The average molecular weight is 273 g/mol. The molecule has 18 heavy (non-hydrogen) atoms. The van der Waals surface area contributed by atoms with E-state index < -0.39 is 5.82 Å². The van der Waals surface area contributed by atoms with E-state index in [9.17, 15) is 9.18 Å². The Morgan fingerprint density at radius 2 is 2.22 bits per heavy atom. The summed E-state index contributed by atoms with van der Waals surface area (Å²) in [5, 5.41) is 3.25. The normalized spacial score (nSPS) is 19.3. The van der Waals surface area contributed by atoms with Gasteiger partial charge in [-0.1, -0.05) is 6.07 Å². The first-order valence-corrected chi connectivity index (χ1v) is 5.87. The molecule has 0 spiro atoms. The summed E-state index contributed by atoms with van der Waals surface area (Å²) < 4.78 is 13.7. The summed E-state index contributed by atoms with van der Waals surface area (Å²) in [6.07, 6.45) is 0. The molecule has 1 aromatic carbocycles. The topological polar surface area (TPSA) is 32.3 Å². The SMILES string of the molecule is Cc1ccc(C(=O)N2CCN[C@@H](C)C2)c(F)c1.Cl. The Balaban J connectivity index is 0.00000162. The molecule has 1 atom stereocenters. The molecular formula is C13H18ClFN2O. The van der Waals surface area contributed by atoms with Crippen LogP contribution in [0, 0.1) is 12.7 Å². The summed E-state index contributed by atoms with van der Waals surface area (Å²) in [6, 6.07) is 5.00. The maximum atomic E-state index is 13.7. The van der Waals surface area contributed by atoms with Crippen LogP contribution in [0.5, 0.6) is 0 Å². The first kappa shape index (κ1) is 14.9. The molecule has 5 heteroatoms. The zero-order valence-electron chi connectivity index (χ0n) is 10.6. The first-order valence-electron chi connectivity index (χ1n) is 5.87. The van der Waals surface area contributed by atoms with Gasteiger partial charge in [-0.2, -0.15) is 0 Å². The third-order valence-corrected chi connectivity index (χ3v) is 3.01. The smallest absolute Gasteiger partial charge is 0.256 e. The van der Waals surface area contributed by atoms with Crippen molar-refractivity contribution in [3.63, 3.8) is 0 Å². The van der Waals surface area contributed by atoms with Crippen LogP contribution in [0.25, 0.3) is 0 Å². The molecule has 1 aliphatic rings. The van der Waals surface area contributed by atoms with E-state index in [2.05, 4.69) is 5.32 Å². The van der Waals surface area contributed by atoms with Crippen LogP contribution in [0.3, 0.4) is 0 Å². The summed E-state index contributed by atoms with van der Waals surface area (Å²) in [5.41, 5.74) is 0.998. The number of hydrogen-bond donors (Lipinski definition) is 1. The maximum absolute atomic E-state index is 13.7. The van der Waals surface area contributed by atoms with Gasteiger partial charge in [-0.25, -0.2) is 4.39 Å². The van der Waals surface area contributed by atoms with E-state index in [1.807, 2.05) is 13.8 Å². The Kier molecular flexibility index (Phi) is 5.11. The Hall–Kier alpha value is -1.13. The molecule has 3 nitrogen and oxygen atoms in total. The fourth-order valence-corrected chi connectivity index (χ4v) is 2.08. The molecule has 0 bridgehead atoms. The van der Waals surface area contributed by atoms with Gasteiger partial charge in [0.1, 0.15) is 5.82 Å². The van der Waals surface area contributed by atoms with Crippen molar-refractivity contribution >= 4 is 18.3 Å². The van der Waals surface area contributed by atoms with Crippen molar-refractivity contribution in [2.45, 2.75) is 19.9 Å². The monoisotopic (exact) mass is 272 g/mol. The number of benzene rings is 1. The molecule has 1 N–H and O–H groups in total. The van der Waals surface area contributed by atoms with Crippen LogP contribution in [-0.2, 0) is 0 Å². The molecule has 0 aliphatic carbocycles. The van der Waals surface area contributed by atoms with Crippen molar-refractivity contribution in [3.05, 3.63) is 35.1 Å². The van der Waals surface area contributed by atoms with Gasteiger partial charge in [-0.3, -0.25) is 4.79 Å². The molecule has 1 fully saturated rings. The van der Waals surface area contributed by atoms with E-state index in [1.165, 1.54) is 6.07 Å². The van der Waals surface area contributed by atoms with Gasteiger partial charge in [0.15, 0.2) is 0 Å². The molecule has 1 aromatic rings. The highest BCUT2D eigenvalue weighted by atomic mass is 35.5. The fourth-order valence-electron chi connectivity index (χ4n) is 2.08. The Labute approximate surface area is 113 Å². The van der Waals surface area contributed by atoms with E-state index in [0.717, 1.165) is 12.1 Å². The molecule has 1 heterocycles. The highest BCUT2D eigenvalue weighted by Gasteiger charge is 2.23. The highest BCUT2D eigenvalue weighted by molar-refractivity contribution is 5.94. The number of carbonyl (C=O) groups excluding carboxylic acids is 1. The van der Waals surface area contributed by atoms with Crippen LogP contribution in [0.1, 0.15) is 22.8 Å². The van der Waals surface area contributed by atoms with Crippen molar-refractivity contribution in [1.29, 1.82) is 0 Å². The number of rotatable bonds is 1. The van der Waals surface area contributed by atoms with Crippen LogP contribution in [0.2, 0.25) is 0 Å². The zero-order valence-corrected chi connectivity index (χ0v) is 11.4. The maximum Gasteiger partial charge on any atom is 0.256 e. The summed E-state index contributed by atoms with van der Waals surface area (Å²) in [6.45, 7) is 5.86. The van der Waals surface area contributed by atoms with Crippen molar-refractivity contribution in [2.75, 3.05) is 19.6 Å². The predicted octanol–water partition coefficient (Wildman–Crippen LogP) is 1.99. The van der Waals surface area contributed by atoms with E-state index in [0.29, 0.717) is 13.1 Å². The van der Waals surface area contributed by atoms with Crippen molar-refractivity contribution < 1.29 is 9.18 Å². The second-order valence-electron chi connectivity index (χ2n) is 4.59. The number of nitrogens with zero attached hydrogens (tertiary/aromatic N) is 1. The van der Waals surface area contributed by atoms with E-state index >= 15 is 0 Å². The molecule has 0 saturated carbocycles. The molecule has 100 valence electrons. The first-order chi connectivity index (χ1) is 8.08. The number of halogens is 2. The summed E-state index contributed by atoms with van der Waals surface area (Å²) in [5.74, 6) is -0.642. The Bertz CT molecular complexity index is 439. The Morgan fingerprint density at radius 1 is 1.50 bits per heavy atom. The molecule has 1 amide bonds. The number of carbonyl (C=O) groups is 1. The number of nitrogens with one attached hydrogen (secondary N) is 1. The van der Waals surface area contributed by atoms with Crippen LogP contribution in [0.15, 0.2) is 18.2 Å². The van der Waals surface area contributed by atoms with E-state index in [4.69, 9.17) is 0 Å². The molecule has 0 aromatic heterocycles. The summed E-state index contributed by atoms with van der Waals surface area (Å²) in [7, 11) is 0. The van der Waals surface area contributed by atoms with Gasteiger partial charge < -0.3 is 10.2 Å². The van der Waals surface area contributed by atoms with Crippen LogP contribution in [-0.4, -0.2) is 36.5 Å². The second kappa shape index (κ2) is 6.16. The highest BCUT2D eigenvalue weighted by Crippen LogP contribution is 2.13. The minimum absolute atomic E-state index is 0. The predicted molar refractivity (Wildman–Crippen MR) is 71.8 cm³/mol. The van der Waals surface area contributed by atoms with Gasteiger partial charge in [0.25, 0.3) is 5.91 Å². The fraction of sp³-hybridized carbons (Fsp3) is 0.462. The summed E-state index contributed by atoms with van der Waals surface area (Å²) in [4.78, 5) is 13.8. The second-order valence-corrected chi connectivity index (χ2v) is 4.59. The van der Waals surface area contributed by atoms with Gasteiger partial charge in [0.05, 0.1) is 5.56 Å². The van der Waals surface area contributed by atoms with Gasteiger partial charge in [-0.05, 0) is 31.5 Å². The molecule has 1 aliphatic heterocycles. The molecule has 0 radical (unpaired) electrons. The van der Waals surface area contributed by atoms with Crippen LogP contribution < -0.4 is 5.32 Å². The number of amides is 1. The summed E-state index contributed by atoms with van der Waals surface area (Å²) >= 11 is 0. The van der Waals surface area contributed by atoms with Gasteiger partial charge >= 0.3 is 0 Å². The standard InChI is InChI=1S/C13H17FN2O.ClH/c1-9-3-4-11(12(14)7-9)13(17)16-6-5-15-10(2)8-16;/h3-4,7,10,15H,5-6,8H2,1-2H3;1H/t10-;/m0./s1. The van der Waals surface area contributed by atoms with Gasteiger partial charge in [0, 0.05) is 25.7 Å². The van der Waals surface area contributed by atoms with Gasteiger partial charge in [-0.15, -0.1) is 12.4 Å². The lowest BCUT2D eigenvalue weighted by atomic mass is 10.1. The quantitative estimate of drug-likeness (QED) is 0.848. The van der Waals surface area contributed by atoms with Crippen molar-refractivity contribution in [2.24, 2.45) is 0 Å². The molecular weight excluding hydrogens is 255 g/mol. The lowest BCUT2D eigenvalue weighted by Crippen LogP contribution is -2.51. The number of hydrogen-bond acceptors (Lipinski definition) is 2. The molecule has 1 saturated heterocycles.